The number of nitrogens with one attached hydrogen (secondary N) is 2. The van der Waals surface area contributed by atoms with E-state index in [2.05, 4.69) is 29.7 Å². The molecule has 2 aliphatic heterocycles. The maximum Gasteiger partial charge on any atom is 0.234 e. The van der Waals surface area contributed by atoms with Crippen LogP contribution in [0, 0.1) is 0 Å². The van der Waals surface area contributed by atoms with Gasteiger partial charge in [-0.3, -0.25) is 4.79 Å². The van der Waals surface area contributed by atoms with E-state index >= 15 is 0 Å². The fraction of sp³-hybridized carbons (Fsp3) is 0.500. The second-order valence-corrected chi connectivity index (χ2v) is 6.09. The van der Waals surface area contributed by atoms with E-state index in [1.165, 1.54) is 0 Å². The number of anilines is 2. The Hall–Kier alpha value is -1.20. The molecule has 0 saturated carbocycles. The van der Waals surface area contributed by atoms with Crippen LogP contribution in [-0.4, -0.2) is 30.4 Å². The largest absolute Gasteiger partial charge is 0.382 e. The van der Waals surface area contributed by atoms with Crippen LogP contribution in [0.1, 0.15) is 19.8 Å². The number of thioether (sulfide) groups is 1. The molecule has 102 valence electrons. The van der Waals surface area contributed by atoms with Crippen LogP contribution in [0.25, 0.3) is 0 Å². The zero-order chi connectivity index (χ0) is 13.2. The van der Waals surface area contributed by atoms with Gasteiger partial charge in [-0.15, -0.1) is 11.8 Å². The number of carbonyl (C=O) groups excluding carboxylic acids is 1. The van der Waals surface area contributed by atoms with E-state index in [1.807, 2.05) is 6.07 Å². The van der Waals surface area contributed by atoms with Crippen molar-refractivity contribution in [2.24, 2.45) is 0 Å². The van der Waals surface area contributed by atoms with Crippen LogP contribution < -0.4 is 10.6 Å². The molecule has 1 saturated heterocycles. The molecule has 0 aliphatic carbocycles. The minimum atomic E-state index is 0.0719. The van der Waals surface area contributed by atoms with E-state index in [-0.39, 0.29) is 5.91 Å². The number of fused-ring (bicyclic) bond motifs is 1. The number of amides is 1. The lowest BCUT2D eigenvalue weighted by molar-refractivity contribution is -0.113. The molecule has 1 fully saturated rings. The Morgan fingerprint density at radius 3 is 3.16 bits per heavy atom. The van der Waals surface area contributed by atoms with Crippen molar-refractivity contribution in [3.63, 3.8) is 0 Å². The molecule has 5 heteroatoms. The van der Waals surface area contributed by atoms with Crippen LogP contribution >= 0.6 is 11.8 Å². The molecule has 1 amide bonds. The number of rotatable bonds is 3. The van der Waals surface area contributed by atoms with Crippen LogP contribution in [0.15, 0.2) is 23.1 Å². The highest BCUT2D eigenvalue weighted by Crippen LogP contribution is 2.33. The lowest BCUT2D eigenvalue weighted by Crippen LogP contribution is -2.21. The molecule has 2 heterocycles. The SMILES string of the molecule is CC1CCC(CNc2ccc3c(c2)NC(=O)CS3)O1. The van der Waals surface area contributed by atoms with Crippen molar-refractivity contribution in [1.82, 2.24) is 0 Å². The molecule has 2 unspecified atom stereocenters. The standard InChI is InChI=1S/C14H18N2O2S/c1-9-2-4-11(18-9)7-15-10-3-5-13-12(6-10)16-14(17)8-19-13/h3,5-6,9,11,15H,2,4,7-8H2,1H3,(H,16,17). The predicted octanol–water partition coefficient (Wildman–Crippen LogP) is 2.71. The quantitative estimate of drug-likeness (QED) is 0.892. The normalized spacial score (nSPS) is 25.8. The summed E-state index contributed by atoms with van der Waals surface area (Å²) in [7, 11) is 0. The predicted molar refractivity (Wildman–Crippen MR) is 77.9 cm³/mol. The molecule has 2 aliphatic rings. The maximum absolute atomic E-state index is 11.4. The second-order valence-electron chi connectivity index (χ2n) is 5.07. The molecule has 0 radical (unpaired) electrons. The van der Waals surface area contributed by atoms with Crippen molar-refractivity contribution >= 4 is 29.0 Å². The van der Waals surface area contributed by atoms with Gasteiger partial charge in [-0.05, 0) is 38.0 Å². The zero-order valence-corrected chi connectivity index (χ0v) is 11.8. The summed E-state index contributed by atoms with van der Waals surface area (Å²) in [6.45, 7) is 2.94. The van der Waals surface area contributed by atoms with E-state index in [1.54, 1.807) is 11.8 Å². The zero-order valence-electron chi connectivity index (χ0n) is 10.9. The van der Waals surface area contributed by atoms with Gasteiger partial charge in [-0.1, -0.05) is 0 Å². The Morgan fingerprint density at radius 1 is 1.47 bits per heavy atom. The van der Waals surface area contributed by atoms with Crippen molar-refractivity contribution in [2.45, 2.75) is 36.9 Å². The number of hydrogen-bond donors (Lipinski definition) is 2. The first-order valence-corrected chi connectivity index (χ1v) is 7.65. The molecular formula is C14H18N2O2S. The molecular weight excluding hydrogens is 260 g/mol. The van der Waals surface area contributed by atoms with Gasteiger partial charge < -0.3 is 15.4 Å². The van der Waals surface area contributed by atoms with Crippen LogP contribution in [-0.2, 0) is 9.53 Å². The molecule has 0 spiro atoms. The summed E-state index contributed by atoms with van der Waals surface area (Å²) in [4.78, 5) is 12.5. The van der Waals surface area contributed by atoms with E-state index in [0.717, 1.165) is 35.7 Å². The number of carbonyl (C=O) groups is 1. The van der Waals surface area contributed by atoms with E-state index in [4.69, 9.17) is 4.74 Å². The minimum absolute atomic E-state index is 0.0719. The highest BCUT2D eigenvalue weighted by molar-refractivity contribution is 8.00. The Balaban J connectivity index is 1.62. The summed E-state index contributed by atoms with van der Waals surface area (Å²) >= 11 is 1.58. The van der Waals surface area contributed by atoms with Gasteiger partial charge in [0.25, 0.3) is 0 Å². The Kier molecular flexibility index (Phi) is 3.66. The number of ether oxygens (including phenoxy) is 1. The highest BCUT2D eigenvalue weighted by atomic mass is 32.2. The fourth-order valence-electron chi connectivity index (χ4n) is 2.46. The van der Waals surface area contributed by atoms with Gasteiger partial charge in [-0.25, -0.2) is 0 Å². The average molecular weight is 278 g/mol. The molecule has 0 aromatic heterocycles. The molecule has 19 heavy (non-hydrogen) atoms. The first kappa shape index (κ1) is 12.8. The van der Waals surface area contributed by atoms with Gasteiger partial charge >= 0.3 is 0 Å². The van der Waals surface area contributed by atoms with Gasteiger partial charge in [0.05, 0.1) is 23.6 Å². The van der Waals surface area contributed by atoms with E-state index in [9.17, 15) is 4.79 Å². The first-order valence-electron chi connectivity index (χ1n) is 6.67. The Labute approximate surface area is 117 Å². The highest BCUT2D eigenvalue weighted by Gasteiger charge is 2.21. The topological polar surface area (TPSA) is 50.4 Å². The molecule has 2 atom stereocenters. The monoisotopic (exact) mass is 278 g/mol. The minimum Gasteiger partial charge on any atom is -0.382 e. The van der Waals surface area contributed by atoms with Crippen molar-refractivity contribution in [3.8, 4) is 0 Å². The second kappa shape index (κ2) is 5.43. The molecule has 4 nitrogen and oxygen atoms in total. The van der Waals surface area contributed by atoms with Gasteiger partial charge in [0.1, 0.15) is 0 Å². The van der Waals surface area contributed by atoms with Gasteiger partial charge in [0.15, 0.2) is 0 Å². The molecule has 2 N–H and O–H groups in total. The molecule has 1 aromatic carbocycles. The number of benzene rings is 1. The lowest BCUT2D eigenvalue weighted by atomic mass is 10.2. The lowest BCUT2D eigenvalue weighted by Gasteiger charge is -2.18. The molecule has 0 bridgehead atoms. The third-order valence-corrected chi connectivity index (χ3v) is 4.54. The first-order chi connectivity index (χ1) is 9.20. The van der Waals surface area contributed by atoms with Crippen LogP contribution in [0.4, 0.5) is 11.4 Å². The van der Waals surface area contributed by atoms with Crippen molar-refractivity contribution in [3.05, 3.63) is 18.2 Å². The maximum atomic E-state index is 11.4. The summed E-state index contributed by atoms with van der Waals surface area (Å²) in [5, 5.41) is 6.29. The van der Waals surface area contributed by atoms with E-state index < -0.39 is 0 Å². The van der Waals surface area contributed by atoms with Gasteiger partial charge in [0.2, 0.25) is 5.91 Å². The van der Waals surface area contributed by atoms with Crippen molar-refractivity contribution < 1.29 is 9.53 Å². The van der Waals surface area contributed by atoms with E-state index in [0.29, 0.717) is 18.0 Å². The third-order valence-electron chi connectivity index (χ3n) is 3.47. The van der Waals surface area contributed by atoms with Crippen molar-refractivity contribution in [2.75, 3.05) is 22.9 Å². The number of hydrogen-bond acceptors (Lipinski definition) is 4. The molecule has 3 rings (SSSR count). The van der Waals surface area contributed by atoms with Crippen LogP contribution in [0.2, 0.25) is 0 Å². The van der Waals surface area contributed by atoms with Crippen LogP contribution in [0.5, 0.6) is 0 Å². The summed E-state index contributed by atoms with van der Waals surface area (Å²) in [6, 6.07) is 6.11. The third kappa shape index (κ3) is 3.04. The van der Waals surface area contributed by atoms with Gasteiger partial charge in [-0.2, -0.15) is 0 Å². The molecule has 1 aromatic rings. The fourth-order valence-corrected chi connectivity index (χ4v) is 3.25. The smallest absolute Gasteiger partial charge is 0.234 e. The average Bonchev–Trinajstić information content (AvgIpc) is 2.81. The summed E-state index contributed by atoms with van der Waals surface area (Å²) < 4.78 is 5.78. The Morgan fingerprint density at radius 2 is 2.37 bits per heavy atom. The Bertz CT molecular complexity index is 492. The van der Waals surface area contributed by atoms with Gasteiger partial charge in [0, 0.05) is 17.1 Å². The summed E-state index contributed by atoms with van der Waals surface area (Å²) in [6.07, 6.45) is 2.94. The van der Waals surface area contributed by atoms with Crippen molar-refractivity contribution in [1.29, 1.82) is 0 Å². The van der Waals surface area contributed by atoms with Crippen LogP contribution in [0.3, 0.4) is 0 Å². The summed E-state index contributed by atoms with van der Waals surface area (Å²) in [5.41, 5.74) is 1.94. The summed E-state index contributed by atoms with van der Waals surface area (Å²) in [5.74, 6) is 0.579.